The summed E-state index contributed by atoms with van der Waals surface area (Å²) in [5.74, 6) is -0.913. The van der Waals surface area contributed by atoms with Crippen molar-refractivity contribution in [2.45, 2.75) is 25.4 Å². The average Bonchev–Trinajstić information content (AvgIpc) is 2.56. The largest absolute Gasteiger partial charge is 0.481 e. The van der Waals surface area contributed by atoms with Gasteiger partial charge in [-0.15, -0.1) is 0 Å². The SMILES string of the molecule is O=C(O)CCNC(=O)NC1CCCN1. The van der Waals surface area contributed by atoms with Gasteiger partial charge in [-0.25, -0.2) is 4.79 Å². The molecule has 6 heteroatoms. The Bertz CT molecular complexity index is 214. The van der Waals surface area contributed by atoms with Gasteiger partial charge in [0.05, 0.1) is 12.6 Å². The molecule has 14 heavy (non-hydrogen) atoms. The molecule has 0 aromatic carbocycles. The van der Waals surface area contributed by atoms with E-state index in [-0.39, 0.29) is 25.2 Å². The Kier molecular flexibility index (Phi) is 4.18. The first-order chi connectivity index (χ1) is 6.68. The third kappa shape index (κ3) is 4.08. The molecule has 1 aliphatic rings. The van der Waals surface area contributed by atoms with Crippen LogP contribution in [0.15, 0.2) is 0 Å². The molecule has 1 heterocycles. The number of rotatable bonds is 4. The lowest BCUT2D eigenvalue weighted by atomic mass is 10.3. The molecular weight excluding hydrogens is 186 g/mol. The molecule has 0 aromatic heterocycles. The van der Waals surface area contributed by atoms with E-state index in [1.165, 1.54) is 0 Å². The summed E-state index contributed by atoms with van der Waals surface area (Å²) >= 11 is 0. The quantitative estimate of drug-likeness (QED) is 0.492. The summed E-state index contributed by atoms with van der Waals surface area (Å²) in [6, 6.07) is -0.314. The summed E-state index contributed by atoms with van der Waals surface area (Å²) in [6.45, 7) is 1.08. The maximum Gasteiger partial charge on any atom is 0.316 e. The molecule has 1 atom stereocenters. The van der Waals surface area contributed by atoms with Crippen LogP contribution in [0.3, 0.4) is 0 Å². The highest BCUT2D eigenvalue weighted by Gasteiger charge is 2.15. The number of urea groups is 1. The van der Waals surface area contributed by atoms with E-state index in [1.54, 1.807) is 0 Å². The van der Waals surface area contributed by atoms with Gasteiger partial charge in [-0.1, -0.05) is 0 Å². The molecule has 2 amide bonds. The molecule has 0 radical (unpaired) electrons. The number of hydrogen-bond donors (Lipinski definition) is 4. The van der Waals surface area contributed by atoms with Crippen LogP contribution in [0.1, 0.15) is 19.3 Å². The maximum absolute atomic E-state index is 11.1. The van der Waals surface area contributed by atoms with Crippen molar-refractivity contribution in [3.8, 4) is 0 Å². The molecule has 1 aliphatic heterocycles. The summed E-state index contributed by atoms with van der Waals surface area (Å²) in [6.07, 6.45) is 1.96. The Morgan fingerprint density at radius 2 is 2.29 bits per heavy atom. The van der Waals surface area contributed by atoms with E-state index in [0.29, 0.717) is 0 Å². The van der Waals surface area contributed by atoms with E-state index in [9.17, 15) is 9.59 Å². The third-order valence-corrected chi connectivity index (χ3v) is 1.99. The van der Waals surface area contributed by atoms with Gasteiger partial charge in [0, 0.05) is 6.54 Å². The Balaban J connectivity index is 2.06. The van der Waals surface area contributed by atoms with Gasteiger partial charge in [0.15, 0.2) is 0 Å². The minimum Gasteiger partial charge on any atom is -0.481 e. The van der Waals surface area contributed by atoms with Crippen LogP contribution in [0, 0.1) is 0 Å². The third-order valence-electron chi connectivity index (χ3n) is 1.99. The van der Waals surface area contributed by atoms with Crippen LogP contribution in [-0.4, -0.2) is 36.4 Å². The lowest BCUT2D eigenvalue weighted by molar-refractivity contribution is -0.136. The first-order valence-corrected chi connectivity index (χ1v) is 4.68. The normalized spacial score (nSPS) is 20.4. The van der Waals surface area contributed by atoms with Crippen molar-refractivity contribution in [2.75, 3.05) is 13.1 Å². The molecule has 0 aromatic rings. The second-order valence-electron chi connectivity index (χ2n) is 3.19. The molecule has 0 saturated carbocycles. The Hall–Kier alpha value is -1.30. The molecule has 6 nitrogen and oxygen atoms in total. The summed E-state index contributed by atoms with van der Waals surface area (Å²) in [5.41, 5.74) is 0. The highest BCUT2D eigenvalue weighted by Crippen LogP contribution is 2.00. The number of aliphatic carboxylic acids is 1. The van der Waals surface area contributed by atoms with Gasteiger partial charge < -0.3 is 15.7 Å². The van der Waals surface area contributed by atoms with Crippen molar-refractivity contribution in [1.29, 1.82) is 0 Å². The first kappa shape index (κ1) is 10.8. The zero-order chi connectivity index (χ0) is 10.4. The minimum absolute atomic E-state index is 0.0276. The fourth-order valence-corrected chi connectivity index (χ4v) is 1.30. The van der Waals surface area contributed by atoms with Gasteiger partial charge in [-0.05, 0) is 19.4 Å². The Morgan fingerprint density at radius 1 is 1.50 bits per heavy atom. The molecule has 0 aliphatic carbocycles. The van der Waals surface area contributed by atoms with E-state index >= 15 is 0 Å². The fraction of sp³-hybridized carbons (Fsp3) is 0.750. The van der Waals surface area contributed by atoms with Crippen LogP contribution in [0.4, 0.5) is 4.79 Å². The number of nitrogens with one attached hydrogen (secondary N) is 3. The van der Waals surface area contributed by atoms with E-state index in [4.69, 9.17) is 5.11 Å². The van der Waals surface area contributed by atoms with Crippen LogP contribution >= 0.6 is 0 Å². The molecule has 1 rings (SSSR count). The lowest BCUT2D eigenvalue weighted by Gasteiger charge is -2.12. The number of carboxylic acid groups (broad SMARTS) is 1. The number of hydrogen-bond acceptors (Lipinski definition) is 3. The molecule has 80 valence electrons. The van der Waals surface area contributed by atoms with Crippen LogP contribution in [0.25, 0.3) is 0 Å². The van der Waals surface area contributed by atoms with Gasteiger partial charge in [0.2, 0.25) is 0 Å². The molecule has 4 N–H and O–H groups in total. The van der Waals surface area contributed by atoms with E-state index < -0.39 is 5.97 Å². The molecule has 0 bridgehead atoms. The van der Waals surface area contributed by atoms with Gasteiger partial charge in [-0.2, -0.15) is 0 Å². The van der Waals surface area contributed by atoms with Crippen molar-refractivity contribution in [3.63, 3.8) is 0 Å². The number of carbonyl (C=O) groups excluding carboxylic acids is 1. The average molecular weight is 201 g/mol. The molecule has 1 unspecified atom stereocenters. The second-order valence-corrected chi connectivity index (χ2v) is 3.19. The van der Waals surface area contributed by atoms with Gasteiger partial charge in [0.1, 0.15) is 0 Å². The maximum atomic E-state index is 11.1. The first-order valence-electron chi connectivity index (χ1n) is 4.68. The van der Waals surface area contributed by atoms with E-state index in [2.05, 4.69) is 16.0 Å². The summed E-state index contributed by atoms with van der Waals surface area (Å²) in [7, 11) is 0. The Labute approximate surface area is 82.1 Å². The van der Waals surface area contributed by atoms with Crippen molar-refractivity contribution in [1.82, 2.24) is 16.0 Å². The summed E-state index contributed by atoms with van der Waals surface area (Å²) in [4.78, 5) is 21.3. The highest BCUT2D eigenvalue weighted by atomic mass is 16.4. The van der Waals surface area contributed by atoms with Crippen LogP contribution in [-0.2, 0) is 4.79 Å². The standard InChI is InChI=1S/C8H15N3O3/c12-7(13)3-5-10-8(14)11-6-2-1-4-9-6/h6,9H,1-5H2,(H,12,13)(H2,10,11,14). The molecular formula is C8H15N3O3. The zero-order valence-corrected chi connectivity index (χ0v) is 7.88. The van der Waals surface area contributed by atoms with E-state index in [1.807, 2.05) is 0 Å². The number of amides is 2. The molecule has 1 fully saturated rings. The van der Waals surface area contributed by atoms with Gasteiger partial charge >= 0.3 is 12.0 Å². The molecule has 1 saturated heterocycles. The van der Waals surface area contributed by atoms with Gasteiger partial charge in [-0.3, -0.25) is 10.1 Å². The summed E-state index contributed by atoms with van der Waals surface area (Å²) < 4.78 is 0. The van der Waals surface area contributed by atoms with Crippen molar-refractivity contribution in [2.24, 2.45) is 0 Å². The van der Waals surface area contributed by atoms with Crippen molar-refractivity contribution in [3.05, 3.63) is 0 Å². The number of carboxylic acids is 1. The lowest BCUT2D eigenvalue weighted by Crippen LogP contribution is -2.46. The van der Waals surface area contributed by atoms with Crippen LogP contribution in [0.2, 0.25) is 0 Å². The topological polar surface area (TPSA) is 90.5 Å². The monoisotopic (exact) mass is 201 g/mol. The Morgan fingerprint density at radius 3 is 2.86 bits per heavy atom. The highest BCUT2D eigenvalue weighted by molar-refractivity contribution is 5.75. The predicted molar refractivity (Wildman–Crippen MR) is 49.8 cm³/mol. The van der Waals surface area contributed by atoms with Crippen LogP contribution in [0.5, 0.6) is 0 Å². The minimum atomic E-state index is -0.913. The van der Waals surface area contributed by atoms with Crippen molar-refractivity contribution >= 4 is 12.0 Å². The zero-order valence-electron chi connectivity index (χ0n) is 7.88. The van der Waals surface area contributed by atoms with Crippen LogP contribution < -0.4 is 16.0 Å². The predicted octanol–water partition coefficient (Wildman–Crippen LogP) is -0.530. The van der Waals surface area contributed by atoms with Gasteiger partial charge in [0.25, 0.3) is 0 Å². The van der Waals surface area contributed by atoms with E-state index in [0.717, 1.165) is 19.4 Å². The molecule has 0 spiro atoms. The number of carbonyl (C=O) groups is 2. The van der Waals surface area contributed by atoms with Crippen molar-refractivity contribution < 1.29 is 14.7 Å². The smallest absolute Gasteiger partial charge is 0.316 e. The fourth-order valence-electron chi connectivity index (χ4n) is 1.30. The summed E-state index contributed by atoms with van der Waals surface area (Å²) in [5, 5.41) is 16.6. The second kappa shape index (κ2) is 5.43.